The van der Waals surface area contributed by atoms with Gasteiger partial charge in [-0.2, -0.15) is 8.78 Å². The number of ether oxygens (including phenoxy) is 1. The van der Waals surface area contributed by atoms with Crippen molar-refractivity contribution in [2.45, 2.75) is 13.2 Å². The van der Waals surface area contributed by atoms with Crippen molar-refractivity contribution in [3.05, 3.63) is 72.0 Å². The highest BCUT2D eigenvalue weighted by Gasteiger charge is 2.16. The number of hydrogen-bond donors (Lipinski definition) is 1. The van der Waals surface area contributed by atoms with E-state index < -0.39 is 12.5 Å². The number of thiazole rings is 1. The van der Waals surface area contributed by atoms with Crippen molar-refractivity contribution in [3.8, 4) is 16.5 Å². The zero-order valence-electron chi connectivity index (χ0n) is 14.4. The molecule has 28 heavy (non-hydrogen) atoms. The summed E-state index contributed by atoms with van der Waals surface area (Å²) in [4.78, 5) is 16.9. The topological polar surface area (TPSA) is 64.4 Å². The summed E-state index contributed by atoms with van der Waals surface area (Å²) in [5.41, 5.74) is 0.921. The van der Waals surface area contributed by atoms with Crippen molar-refractivity contribution >= 4 is 27.5 Å². The zero-order valence-corrected chi connectivity index (χ0v) is 15.2. The Labute approximate surface area is 162 Å². The SMILES string of the molecule is O=C(NCc1ccc(-c2nc3ccccc3s2)o1)c1ccccc1OC(F)F. The van der Waals surface area contributed by atoms with Crippen LogP contribution in [0.1, 0.15) is 16.1 Å². The number of para-hydroxylation sites is 2. The Morgan fingerprint density at radius 1 is 1.11 bits per heavy atom. The van der Waals surface area contributed by atoms with E-state index in [1.54, 1.807) is 18.2 Å². The summed E-state index contributed by atoms with van der Waals surface area (Å²) in [6.07, 6.45) is 0. The van der Waals surface area contributed by atoms with Crippen LogP contribution in [-0.2, 0) is 6.54 Å². The van der Waals surface area contributed by atoms with E-state index in [2.05, 4.69) is 15.0 Å². The molecule has 0 atom stereocenters. The summed E-state index contributed by atoms with van der Waals surface area (Å²) in [6.45, 7) is -2.90. The third-order valence-corrected chi connectivity index (χ3v) is 4.99. The molecule has 4 aromatic rings. The van der Waals surface area contributed by atoms with E-state index in [-0.39, 0.29) is 17.9 Å². The molecule has 0 spiro atoms. The smallest absolute Gasteiger partial charge is 0.387 e. The lowest BCUT2D eigenvalue weighted by Gasteiger charge is -2.10. The van der Waals surface area contributed by atoms with Crippen LogP contribution < -0.4 is 10.1 Å². The lowest BCUT2D eigenvalue weighted by atomic mass is 10.2. The fourth-order valence-corrected chi connectivity index (χ4v) is 3.61. The number of fused-ring (bicyclic) bond motifs is 1. The Balaban J connectivity index is 1.45. The van der Waals surface area contributed by atoms with Crippen LogP contribution in [0.4, 0.5) is 8.78 Å². The maximum absolute atomic E-state index is 12.5. The molecule has 0 aliphatic rings. The number of nitrogens with one attached hydrogen (secondary N) is 1. The Bertz CT molecular complexity index is 1090. The second-order valence-electron chi connectivity index (χ2n) is 5.81. The van der Waals surface area contributed by atoms with Crippen LogP contribution in [0.15, 0.2) is 65.1 Å². The van der Waals surface area contributed by atoms with Gasteiger partial charge in [-0.15, -0.1) is 11.3 Å². The number of carbonyl (C=O) groups excluding carboxylic acids is 1. The van der Waals surface area contributed by atoms with Crippen LogP contribution in [0, 0.1) is 0 Å². The quantitative estimate of drug-likeness (QED) is 0.490. The zero-order chi connectivity index (χ0) is 19.5. The molecule has 0 aliphatic carbocycles. The van der Waals surface area contributed by atoms with Crippen LogP contribution in [0.5, 0.6) is 5.75 Å². The Morgan fingerprint density at radius 2 is 1.89 bits per heavy atom. The molecule has 0 saturated carbocycles. The van der Waals surface area contributed by atoms with Crippen molar-refractivity contribution < 1.29 is 22.7 Å². The Hall–Kier alpha value is -3.26. The molecule has 1 amide bonds. The van der Waals surface area contributed by atoms with Gasteiger partial charge >= 0.3 is 6.61 Å². The van der Waals surface area contributed by atoms with Gasteiger partial charge in [0.2, 0.25) is 0 Å². The number of alkyl halides is 2. The third kappa shape index (κ3) is 3.86. The van der Waals surface area contributed by atoms with Crippen LogP contribution >= 0.6 is 11.3 Å². The molecular formula is C20H14F2N2O3S. The lowest BCUT2D eigenvalue weighted by molar-refractivity contribution is -0.0501. The van der Waals surface area contributed by atoms with Gasteiger partial charge in [0.25, 0.3) is 5.91 Å². The minimum atomic E-state index is -3.00. The van der Waals surface area contributed by atoms with Crippen LogP contribution in [-0.4, -0.2) is 17.5 Å². The van der Waals surface area contributed by atoms with Crippen LogP contribution in [0.2, 0.25) is 0 Å². The molecule has 1 N–H and O–H groups in total. The molecule has 2 aromatic carbocycles. The Morgan fingerprint density at radius 3 is 2.71 bits per heavy atom. The third-order valence-electron chi connectivity index (χ3n) is 3.94. The van der Waals surface area contributed by atoms with E-state index in [4.69, 9.17) is 4.42 Å². The van der Waals surface area contributed by atoms with E-state index in [1.165, 1.54) is 29.5 Å². The van der Waals surface area contributed by atoms with Gasteiger partial charge in [-0.3, -0.25) is 4.79 Å². The largest absolute Gasteiger partial charge is 0.457 e. The van der Waals surface area contributed by atoms with Gasteiger partial charge in [0.15, 0.2) is 10.8 Å². The highest BCUT2D eigenvalue weighted by molar-refractivity contribution is 7.21. The van der Waals surface area contributed by atoms with Gasteiger partial charge < -0.3 is 14.5 Å². The highest BCUT2D eigenvalue weighted by atomic mass is 32.1. The standard InChI is InChI=1S/C20H14F2N2O3S/c21-20(22)27-15-7-3-1-5-13(15)18(25)23-11-12-9-10-16(26-12)19-24-14-6-2-4-8-17(14)28-19/h1-10,20H,11H2,(H,23,25). The van der Waals surface area contributed by atoms with Crippen molar-refractivity contribution in [2.24, 2.45) is 0 Å². The summed E-state index contributed by atoms with van der Waals surface area (Å²) >= 11 is 1.51. The van der Waals surface area contributed by atoms with Gasteiger partial charge in [0.1, 0.15) is 11.5 Å². The number of rotatable bonds is 6. The van der Waals surface area contributed by atoms with Gasteiger partial charge in [-0.1, -0.05) is 24.3 Å². The second-order valence-corrected chi connectivity index (χ2v) is 6.84. The summed E-state index contributed by atoms with van der Waals surface area (Å²) in [6, 6.07) is 17.1. The fraction of sp³-hybridized carbons (Fsp3) is 0.100. The van der Waals surface area contributed by atoms with Gasteiger partial charge in [0.05, 0.1) is 22.3 Å². The predicted molar refractivity (Wildman–Crippen MR) is 102 cm³/mol. The monoisotopic (exact) mass is 400 g/mol. The van der Waals surface area contributed by atoms with Gasteiger partial charge in [0, 0.05) is 0 Å². The number of nitrogens with zero attached hydrogens (tertiary/aromatic N) is 1. The number of furan rings is 1. The molecule has 0 bridgehead atoms. The number of hydrogen-bond acceptors (Lipinski definition) is 5. The second kappa shape index (κ2) is 7.77. The first-order valence-corrected chi connectivity index (χ1v) is 9.18. The molecule has 8 heteroatoms. The number of halogens is 2. The molecule has 0 radical (unpaired) electrons. The van der Waals surface area contributed by atoms with Crippen molar-refractivity contribution in [2.75, 3.05) is 0 Å². The Kier molecular flexibility index (Phi) is 5.03. The first-order valence-electron chi connectivity index (χ1n) is 8.37. The van der Waals surface area contributed by atoms with E-state index in [0.29, 0.717) is 11.5 Å². The summed E-state index contributed by atoms with van der Waals surface area (Å²) in [5, 5.41) is 3.39. The van der Waals surface area contributed by atoms with Crippen molar-refractivity contribution in [1.29, 1.82) is 0 Å². The average molecular weight is 400 g/mol. The normalized spacial score (nSPS) is 11.1. The predicted octanol–water partition coefficient (Wildman–Crippen LogP) is 5.09. The molecule has 4 rings (SSSR count). The van der Waals surface area contributed by atoms with E-state index in [0.717, 1.165) is 15.2 Å². The minimum absolute atomic E-state index is 0.0285. The summed E-state index contributed by atoms with van der Waals surface area (Å²) in [5.74, 6) is 0.417. The first-order chi connectivity index (χ1) is 13.6. The molecule has 0 aliphatic heterocycles. The molecule has 0 saturated heterocycles. The maximum Gasteiger partial charge on any atom is 0.387 e. The van der Waals surface area contributed by atoms with Crippen molar-refractivity contribution in [1.82, 2.24) is 10.3 Å². The molecule has 5 nitrogen and oxygen atoms in total. The number of amides is 1. The van der Waals surface area contributed by atoms with Gasteiger partial charge in [-0.25, -0.2) is 4.98 Å². The van der Waals surface area contributed by atoms with E-state index in [1.807, 2.05) is 24.3 Å². The molecule has 2 heterocycles. The summed E-state index contributed by atoms with van der Waals surface area (Å²) < 4.78 is 36.2. The molecule has 0 unspecified atom stereocenters. The number of carbonyl (C=O) groups is 1. The van der Waals surface area contributed by atoms with E-state index in [9.17, 15) is 13.6 Å². The minimum Gasteiger partial charge on any atom is -0.457 e. The van der Waals surface area contributed by atoms with Crippen LogP contribution in [0.3, 0.4) is 0 Å². The molecule has 2 aromatic heterocycles. The fourth-order valence-electron chi connectivity index (χ4n) is 2.68. The first kappa shape index (κ1) is 18.1. The van der Waals surface area contributed by atoms with Crippen LogP contribution in [0.25, 0.3) is 21.0 Å². The molecule has 0 fully saturated rings. The van der Waals surface area contributed by atoms with E-state index >= 15 is 0 Å². The lowest BCUT2D eigenvalue weighted by Crippen LogP contribution is -2.23. The van der Waals surface area contributed by atoms with Crippen molar-refractivity contribution in [3.63, 3.8) is 0 Å². The average Bonchev–Trinajstić information content (AvgIpc) is 3.32. The molecule has 142 valence electrons. The number of aromatic nitrogens is 1. The maximum atomic E-state index is 12.5. The number of benzene rings is 2. The summed E-state index contributed by atoms with van der Waals surface area (Å²) in [7, 11) is 0. The highest BCUT2D eigenvalue weighted by Crippen LogP contribution is 2.31. The van der Waals surface area contributed by atoms with Gasteiger partial charge in [-0.05, 0) is 36.4 Å². The molecular weight excluding hydrogens is 386 g/mol.